The maximum Gasteiger partial charge on any atom is 0.124 e. The summed E-state index contributed by atoms with van der Waals surface area (Å²) in [6, 6.07) is 11.8. The van der Waals surface area contributed by atoms with Crippen LogP contribution in [0.3, 0.4) is 0 Å². The Morgan fingerprint density at radius 3 is 1.12 bits per heavy atom. The van der Waals surface area contributed by atoms with Crippen LogP contribution in [0.1, 0.15) is 49.7 Å². The normalized spacial score (nSPS) is 14.8. The van der Waals surface area contributed by atoms with Crippen LogP contribution in [0.2, 0.25) is 0 Å². The predicted molar refractivity (Wildman–Crippen MR) is 94.9 cm³/mol. The molecule has 0 saturated carbocycles. The molecule has 0 bridgehead atoms. The van der Waals surface area contributed by atoms with E-state index in [1.54, 1.807) is 24.3 Å². The summed E-state index contributed by atoms with van der Waals surface area (Å²) in [6.07, 6.45) is 1.53. The molecule has 0 unspecified atom stereocenters. The summed E-state index contributed by atoms with van der Waals surface area (Å²) in [5.41, 5.74) is 1.79. The van der Waals surface area contributed by atoms with Gasteiger partial charge in [0.1, 0.15) is 20.2 Å². The Labute approximate surface area is 154 Å². The molecule has 2 aromatic rings. The Morgan fingerprint density at radius 2 is 0.923 bits per heavy atom. The van der Waals surface area contributed by atoms with Crippen molar-refractivity contribution >= 4 is 20.2 Å². The van der Waals surface area contributed by atoms with E-state index in [9.17, 15) is 25.9 Å². The zero-order valence-corrected chi connectivity index (χ0v) is 16.1. The second kappa shape index (κ2) is 7.87. The Bertz CT molecular complexity index is 864. The maximum atomic E-state index is 11.1. The van der Waals surface area contributed by atoms with Crippen LogP contribution >= 0.6 is 0 Å². The van der Waals surface area contributed by atoms with Gasteiger partial charge in [-0.15, -0.1) is 0 Å². The molecule has 142 valence electrons. The van der Waals surface area contributed by atoms with E-state index in [0.29, 0.717) is 0 Å². The van der Waals surface area contributed by atoms with Crippen molar-refractivity contribution in [3.8, 4) is 0 Å². The fourth-order valence-corrected chi connectivity index (χ4v) is 4.21. The third-order valence-electron chi connectivity index (χ3n) is 4.56. The summed E-state index contributed by atoms with van der Waals surface area (Å²) in [5.74, 6) is 0.108. The Balaban J connectivity index is 2.37. The quantitative estimate of drug-likeness (QED) is 0.664. The van der Waals surface area contributed by atoms with E-state index in [0.717, 1.165) is 24.0 Å². The molecule has 0 aliphatic carbocycles. The molecule has 0 radical (unpaired) electrons. The minimum atomic E-state index is -4.49. The first-order valence-corrected chi connectivity index (χ1v) is 11.0. The first-order chi connectivity index (χ1) is 12.1. The Kier molecular flexibility index (Phi) is 6.23. The molecule has 0 fully saturated rings. The third-order valence-corrected chi connectivity index (χ3v) is 6.26. The summed E-state index contributed by atoms with van der Waals surface area (Å²) in [5, 5.41) is 0. The maximum absolute atomic E-state index is 11.1. The van der Waals surface area contributed by atoms with Crippen LogP contribution in [-0.4, -0.2) is 25.9 Å². The monoisotopic (exact) mass is 396 g/mol. The van der Waals surface area contributed by atoms with Crippen LogP contribution in [-0.2, 0) is 20.2 Å². The van der Waals surface area contributed by atoms with Crippen molar-refractivity contribution in [1.29, 1.82) is 0 Å². The lowest BCUT2D eigenvalue weighted by atomic mass is 9.78. The van der Waals surface area contributed by atoms with Gasteiger partial charge in [0.05, 0.1) is 9.79 Å². The zero-order valence-electron chi connectivity index (χ0n) is 14.5. The second-order valence-electron chi connectivity index (χ2n) is 6.08. The minimum absolute atomic E-state index is 0.0538. The SMILES string of the molecule is CC[C@@H](c1ccc(S(=O)(=O)[O-])cc1)[C@@H](CC)c1ccc(S(=O)(=O)[O-])cc1. The number of rotatable bonds is 7. The molecule has 2 rings (SSSR count). The summed E-state index contributed by atoms with van der Waals surface area (Å²) in [4.78, 5) is -0.539. The van der Waals surface area contributed by atoms with Gasteiger partial charge in [-0.3, -0.25) is 0 Å². The van der Waals surface area contributed by atoms with E-state index in [4.69, 9.17) is 0 Å². The number of hydrogen-bond acceptors (Lipinski definition) is 6. The van der Waals surface area contributed by atoms with E-state index < -0.39 is 20.2 Å². The lowest BCUT2D eigenvalue weighted by Crippen LogP contribution is -2.11. The molecular weight excluding hydrogens is 376 g/mol. The fourth-order valence-electron chi connectivity index (χ4n) is 3.27. The van der Waals surface area contributed by atoms with E-state index in [2.05, 4.69) is 0 Å². The molecule has 0 heterocycles. The van der Waals surface area contributed by atoms with Crippen molar-refractivity contribution in [2.75, 3.05) is 0 Å². The van der Waals surface area contributed by atoms with Gasteiger partial charge in [-0.2, -0.15) is 0 Å². The molecule has 0 N–H and O–H groups in total. The number of hydrogen-bond donors (Lipinski definition) is 0. The summed E-state index contributed by atoms with van der Waals surface area (Å²) in [6.45, 7) is 4.00. The van der Waals surface area contributed by atoms with Crippen molar-refractivity contribution in [1.82, 2.24) is 0 Å². The van der Waals surface area contributed by atoms with Gasteiger partial charge < -0.3 is 9.11 Å². The second-order valence-corrected chi connectivity index (χ2v) is 8.84. The zero-order chi connectivity index (χ0) is 19.5. The van der Waals surface area contributed by atoms with Gasteiger partial charge in [0, 0.05) is 0 Å². The van der Waals surface area contributed by atoms with Crippen LogP contribution in [0.5, 0.6) is 0 Å². The van der Waals surface area contributed by atoms with Crippen LogP contribution in [0.15, 0.2) is 58.3 Å². The van der Waals surface area contributed by atoms with E-state index in [1.807, 2.05) is 13.8 Å². The van der Waals surface area contributed by atoms with Gasteiger partial charge in [-0.05, 0) is 60.1 Å². The van der Waals surface area contributed by atoms with E-state index >= 15 is 0 Å². The van der Waals surface area contributed by atoms with Crippen molar-refractivity contribution in [3.63, 3.8) is 0 Å². The Hall–Kier alpha value is -1.74. The lowest BCUT2D eigenvalue weighted by molar-refractivity contribution is 0.460. The molecule has 0 aliphatic rings. The average Bonchev–Trinajstić information content (AvgIpc) is 2.58. The molecule has 0 spiro atoms. The van der Waals surface area contributed by atoms with E-state index in [1.165, 1.54) is 24.3 Å². The number of benzene rings is 2. The highest BCUT2D eigenvalue weighted by Crippen LogP contribution is 2.38. The molecule has 0 saturated heterocycles. The highest BCUT2D eigenvalue weighted by atomic mass is 32.2. The highest BCUT2D eigenvalue weighted by Gasteiger charge is 2.22. The molecule has 26 heavy (non-hydrogen) atoms. The fraction of sp³-hybridized carbons (Fsp3) is 0.333. The molecule has 2 aromatic carbocycles. The Morgan fingerprint density at radius 1 is 0.654 bits per heavy atom. The van der Waals surface area contributed by atoms with Crippen molar-refractivity contribution in [3.05, 3.63) is 59.7 Å². The topological polar surface area (TPSA) is 114 Å². The molecule has 0 aliphatic heterocycles. The third kappa shape index (κ3) is 4.70. The largest absolute Gasteiger partial charge is 0.744 e. The molecular formula is C18H20O6S2-2. The minimum Gasteiger partial charge on any atom is -0.744 e. The van der Waals surface area contributed by atoms with Crippen LogP contribution < -0.4 is 0 Å². The van der Waals surface area contributed by atoms with Crippen LogP contribution in [0.25, 0.3) is 0 Å². The lowest BCUT2D eigenvalue weighted by Gasteiger charge is -2.27. The van der Waals surface area contributed by atoms with Gasteiger partial charge in [0.2, 0.25) is 0 Å². The van der Waals surface area contributed by atoms with Gasteiger partial charge in [0.15, 0.2) is 0 Å². The predicted octanol–water partition coefficient (Wildman–Crippen LogP) is 3.18. The van der Waals surface area contributed by atoms with Crippen molar-refractivity contribution < 1.29 is 25.9 Å². The first kappa shape index (κ1) is 20.6. The molecule has 2 atom stereocenters. The van der Waals surface area contributed by atoms with Gasteiger partial charge in [0.25, 0.3) is 0 Å². The smallest absolute Gasteiger partial charge is 0.124 e. The summed E-state index contributed by atoms with van der Waals surface area (Å²) < 4.78 is 66.5. The standard InChI is InChI=1S/C18H22O6S2/c1-3-17(13-5-9-15(10-6-13)25(19,20)21)18(4-2)14-7-11-16(12-8-14)26(22,23)24/h5-12,17-18H,3-4H2,1-2H3,(H,19,20,21)(H,22,23,24)/p-2/t17-,18-/m0/s1. The van der Waals surface area contributed by atoms with Gasteiger partial charge in [-0.1, -0.05) is 38.1 Å². The highest BCUT2D eigenvalue weighted by molar-refractivity contribution is 7.86. The van der Waals surface area contributed by atoms with E-state index in [-0.39, 0.29) is 21.6 Å². The molecule has 0 aromatic heterocycles. The van der Waals surface area contributed by atoms with Crippen molar-refractivity contribution in [2.24, 2.45) is 0 Å². The van der Waals surface area contributed by atoms with Gasteiger partial charge in [-0.25, -0.2) is 16.8 Å². The van der Waals surface area contributed by atoms with Crippen molar-refractivity contribution in [2.45, 2.75) is 48.3 Å². The summed E-state index contributed by atoms with van der Waals surface area (Å²) in [7, 11) is -8.97. The molecule has 6 nitrogen and oxygen atoms in total. The summed E-state index contributed by atoms with van der Waals surface area (Å²) >= 11 is 0. The van der Waals surface area contributed by atoms with Crippen LogP contribution in [0, 0.1) is 0 Å². The first-order valence-electron chi connectivity index (χ1n) is 8.19. The molecule has 8 heteroatoms. The molecule has 0 amide bonds. The average molecular weight is 396 g/mol. The van der Waals surface area contributed by atoms with Gasteiger partial charge >= 0.3 is 0 Å². The van der Waals surface area contributed by atoms with Crippen LogP contribution in [0.4, 0.5) is 0 Å².